The van der Waals surface area contributed by atoms with Crippen molar-refractivity contribution < 1.29 is 9.59 Å². The highest BCUT2D eigenvalue weighted by atomic mass is 32.2. The monoisotopic (exact) mass is 267 g/mol. The molecule has 0 fully saturated rings. The molecule has 1 aromatic rings. The molecule has 0 spiro atoms. The summed E-state index contributed by atoms with van der Waals surface area (Å²) in [7, 11) is 0. The summed E-state index contributed by atoms with van der Waals surface area (Å²) in [6.45, 7) is 2.49. The number of nitrogens with two attached hydrogens (primary N) is 1. The second-order valence-electron chi connectivity index (χ2n) is 3.63. The first-order valence-electron chi connectivity index (χ1n) is 5.68. The molecule has 6 heteroatoms. The molecule has 0 aliphatic heterocycles. The van der Waals surface area contributed by atoms with E-state index in [9.17, 15) is 9.59 Å². The molecule has 0 saturated heterocycles. The van der Waals surface area contributed by atoms with Crippen LogP contribution in [0.3, 0.4) is 0 Å². The molecule has 1 rings (SSSR count). The Bertz CT molecular complexity index is 424. The Labute approximate surface area is 111 Å². The van der Waals surface area contributed by atoms with Crippen LogP contribution in [0.5, 0.6) is 0 Å². The van der Waals surface area contributed by atoms with Crippen molar-refractivity contribution in [3.05, 3.63) is 24.3 Å². The van der Waals surface area contributed by atoms with E-state index < -0.39 is 6.03 Å². The Morgan fingerprint density at radius 1 is 1.33 bits per heavy atom. The van der Waals surface area contributed by atoms with Crippen molar-refractivity contribution in [2.24, 2.45) is 0 Å². The molecule has 4 N–H and O–H groups in total. The van der Waals surface area contributed by atoms with Gasteiger partial charge in [0.15, 0.2) is 0 Å². The van der Waals surface area contributed by atoms with Gasteiger partial charge in [-0.2, -0.15) is 0 Å². The number of urea groups is 1. The Kier molecular flexibility index (Phi) is 6.07. The number of hydrogen-bond donors (Lipinski definition) is 3. The van der Waals surface area contributed by atoms with Gasteiger partial charge in [0.05, 0.1) is 5.75 Å². The van der Waals surface area contributed by atoms with Gasteiger partial charge >= 0.3 is 6.03 Å². The molecule has 0 bridgehead atoms. The summed E-state index contributed by atoms with van der Waals surface area (Å²) in [5.41, 5.74) is 6.37. The molecule has 0 aromatic heterocycles. The van der Waals surface area contributed by atoms with Crippen molar-refractivity contribution in [2.45, 2.75) is 18.2 Å². The number of amides is 3. The summed E-state index contributed by atoms with van der Waals surface area (Å²) in [6.07, 6.45) is 0.830. The number of thioether (sulfide) groups is 1. The highest BCUT2D eigenvalue weighted by Gasteiger charge is 2.08. The van der Waals surface area contributed by atoms with Crippen LogP contribution in [-0.2, 0) is 4.79 Å². The summed E-state index contributed by atoms with van der Waals surface area (Å²) in [6, 6.07) is 6.84. The van der Waals surface area contributed by atoms with E-state index >= 15 is 0 Å². The molecule has 5 nitrogen and oxygen atoms in total. The lowest BCUT2D eigenvalue weighted by atomic mass is 10.3. The van der Waals surface area contributed by atoms with Crippen LogP contribution >= 0.6 is 11.8 Å². The fourth-order valence-corrected chi connectivity index (χ4v) is 1.97. The van der Waals surface area contributed by atoms with Crippen molar-refractivity contribution in [3.63, 3.8) is 0 Å². The zero-order valence-electron chi connectivity index (χ0n) is 10.2. The third kappa shape index (κ3) is 5.09. The summed E-state index contributed by atoms with van der Waals surface area (Å²) in [5, 5.41) is 4.82. The van der Waals surface area contributed by atoms with E-state index in [-0.39, 0.29) is 11.7 Å². The van der Waals surface area contributed by atoms with Gasteiger partial charge in [0, 0.05) is 17.1 Å². The largest absolute Gasteiger partial charge is 0.398 e. The maximum atomic E-state index is 11.5. The van der Waals surface area contributed by atoms with E-state index in [0.717, 1.165) is 11.3 Å². The van der Waals surface area contributed by atoms with Gasteiger partial charge in [0.25, 0.3) is 0 Å². The Morgan fingerprint density at radius 3 is 2.72 bits per heavy atom. The number of imide groups is 1. The molecular formula is C12H17N3O2S. The van der Waals surface area contributed by atoms with Crippen molar-refractivity contribution in [3.8, 4) is 0 Å². The van der Waals surface area contributed by atoms with Gasteiger partial charge < -0.3 is 11.1 Å². The van der Waals surface area contributed by atoms with Gasteiger partial charge in [-0.15, -0.1) is 11.8 Å². The van der Waals surface area contributed by atoms with Crippen LogP contribution < -0.4 is 16.4 Å². The van der Waals surface area contributed by atoms with E-state index in [2.05, 4.69) is 10.6 Å². The number of anilines is 1. The van der Waals surface area contributed by atoms with E-state index in [0.29, 0.717) is 12.2 Å². The topological polar surface area (TPSA) is 84.2 Å². The lowest BCUT2D eigenvalue weighted by Gasteiger charge is -2.06. The second kappa shape index (κ2) is 7.60. The number of nitrogen functional groups attached to an aromatic ring is 1. The third-order valence-electron chi connectivity index (χ3n) is 2.07. The SMILES string of the molecule is CCCNC(=O)NC(=O)CSc1ccccc1N. The van der Waals surface area contributed by atoms with Crippen molar-refractivity contribution in [1.29, 1.82) is 0 Å². The van der Waals surface area contributed by atoms with Crippen LogP contribution in [0.2, 0.25) is 0 Å². The highest BCUT2D eigenvalue weighted by Crippen LogP contribution is 2.23. The van der Waals surface area contributed by atoms with Crippen LogP contribution in [0.25, 0.3) is 0 Å². The summed E-state index contributed by atoms with van der Waals surface area (Å²) >= 11 is 1.30. The maximum absolute atomic E-state index is 11.5. The number of hydrogen-bond acceptors (Lipinski definition) is 4. The van der Waals surface area contributed by atoms with Gasteiger partial charge in [0.1, 0.15) is 0 Å². The van der Waals surface area contributed by atoms with Crippen molar-refractivity contribution in [1.82, 2.24) is 10.6 Å². The van der Waals surface area contributed by atoms with E-state index in [1.165, 1.54) is 11.8 Å². The molecule has 0 radical (unpaired) electrons. The van der Waals surface area contributed by atoms with Crippen molar-refractivity contribution in [2.75, 3.05) is 18.0 Å². The quantitative estimate of drug-likeness (QED) is 0.559. The first-order chi connectivity index (χ1) is 8.63. The van der Waals surface area contributed by atoms with Crippen LogP contribution in [0.15, 0.2) is 29.2 Å². The fourth-order valence-electron chi connectivity index (χ4n) is 1.20. The zero-order valence-corrected chi connectivity index (χ0v) is 11.0. The van der Waals surface area contributed by atoms with Crippen LogP contribution in [0.1, 0.15) is 13.3 Å². The molecule has 98 valence electrons. The predicted octanol–water partition coefficient (Wildman–Crippen LogP) is 1.60. The smallest absolute Gasteiger partial charge is 0.321 e. The molecule has 1 aromatic carbocycles. The molecule has 0 aliphatic rings. The second-order valence-corrected chi connectivity index (χ2v) is 4.65. The molecule has 3 amide bonds. The lowest BCUT2D eigenvalue weighted by molar-refractivity contribution is -0.117. The van der Waals surface area contributed by atoms with Gasteiger partial charge in [-0.1, -0.05) is 19.1 Å². The van der Waals surface area contributed by atoms with Crippen molar-refractivity contribution >= 4 is 29.4 Å². The number of carbonyl (C=O) groups excluding carboxylic acids is 2. The average molecular weight is 267 g/mol. The van der Waals surface area contributed by atoms with Gasteiger partial charge in [0.2, 0.25) is 5.91 Å². The molecule has 0 aliphatic carbocycles. The first-order valence-corrected chi connectivity index (χ1v) is 6.67. The predicted molar refractivity (Wildman–Crippen MR) is 73.4 cm³/mol. The maximum Gasteiger partial charge on any atom is 0.321 e. The highest BCUT2D eigenvalue weighted by molar-refractivity contribution is 8.00. The number of nitrogens with one attached hydrogen (secondary N) is 2. The minimum atomic E-state index is -0.455. The number of para-hydroxylation sites is 1. The average Bonchev–Trinajstić information content (AvgIpc) is 2.35. The third-order valence-corrected chi connectivity index (χ3v) is 3.16. The van der Waals surface area contributed by atoms with E-state index in [4.69, 9.17) is 5.73 Å². The summed E-state index contributed by atoms with van der Waals surface area (Å²) in [5.74, 6) is -0.176. The molecule has 0 saturated carbocycles. The van der Waals surface area contributed by atoms with Gasteiger partial charge in [-0.25, -0.2) is 4.79 Å². The molecule has 0 atom stereocenters. The minimum absolute atomic E-state index is 0.160. The minimum Gasteiger partial charge on any atom is -0.398 e. The molecule has 0 unspecified atom stereocenters. The van der Waals surface area contributed by atoms with Crippen LogP contribution in [0, 0.1) is 0 Å². The molecule has 18 heavy (non-hydrogen) atoms. The van der Waals surface area contributed by atoms with Crippen LogP contribution in [-0.4, -0.2) is 24.2 Å². The molecular weight excluding hydrogens is 250 g/mol. The zero-order chi connectivity index (χ0) is 13.4. The normalized spacial score (nSPS) is 9.83. The summed E-state index contributed by atoms with van der Waals surface area (Å²) in [4.78, 5) is 23.5. The Morgan fingerprint density at radius 2 is 2.06 bits per heavy atom. The number of carbonyl (C=O) groups is 2. The number of rotatable bonds is 5. The molecule has 0 heterocycles. The van der Waals surface area contributed by atoms with E-state index in [1.807, 2.05) is 25.1 Å². The van der Waals surface area contributed by atoms with Crippen LogP contribution in [0.4, 0.5) is 10.5 Å². The standard InChI is InChI=1S/C12H17N3O2S/c1-2-7-14-12(17)15-11(16)8-18-10-6-4-3-5-9(10)13/h3-6H,2,7-8,13H2,1H3,(H2,14,15,16,17). The fraction of sp³-hybridized carbons (Fsp3) is 0.333. The number of benzene rings is 1. The lowest BCUT2D eigenvalue weighted by Crippen LogP contribution is -2.40. The van der Waals surface area contributed by atoms with Gasteiger partial charge in [-0.05, 0) is 18.6 Å². The Balaban J connectivity index is 2.33. The summed E-state index contributed by atoms with van der Waals surface area (Å²) < 4.78 is 0. The Hall–Kier alpha value is -1.69. The van der Waals surface area contributed by atoms with Gasteiger partial charge in [-0.3, -0.25) is 10.1 Å². The van der Waals surface area contributed by atoms with E-state index in [1.54, 1.807) is 6.07 Å². The first kappa shape index (κ1) is 14.4.